The molecule has 0 aromatic heterocycles. The highest BCUT2D eigenvalue weighted by atomic mass is 16.5. The van der Waals surface area contributed by atoms with Crippen molar-refractivity contribution in [1.29, 1.82) is 0 Å². The van der Waals surface area contributed by atoms with Gasteiger partial charge >= 0.3 is 0 Å². The molecular weight excluding hydrogens is 420 g/mol. The Labute approximate surface area is 192 Å². The van der Waals surface area contributed by atoms with Gasteiger partial charge in [-0.05, 0) is 54.8 Å². The highest BCUT2D eigenvalue weighted by Gasteiger charge is 2.25. The summed E-state index contributed by atoms with van der Waals surface area (Å²) in [7, 11) is 4.48. The largest absolute Gasteiger partial charge is 0.493 e. The molecule has 170 valence electrons. The van der Waals surface area contributed by atoms with Gasteiger partial charge < -0.3 is 24.4 Å². The van der Waals surface area contributed by atoms with Crippen LogP contribution in [0.5, 0.6) is 17.2 Å². The maximum atomic E-state index is 13.1. The first kappa shape index (κ1) is 22.2. The van der Waals surface area contributed by atoms with E-state index in [4.69, 9.17) is 14.2 Å². The zero-order valence-corrected chi connectivity index (χ0v) is 18.9. The lowest BCUT2D eigenvalue weighted by Crippen LogP contribution is -2.35. The minimum atomic E-state index is -0.357. The molecule has 0 saturated carbocycles. The van der Waals surface area contributed by atoms with Gasteiger partial charge in [-0.25, -0.2) is 0 Å². The number of hydrogen-bond acceptors (Lipinski definition) is 5. The first-order valence-electron chi connectivity index (χ1n) is 10.7. The Kier molecular flexibility index (Phi) is 6.49. The Balaban J connectivity index is 1.63. The molecule has 0 saturated heterocycles. The number of aryl methyl sites for hydroxylation is 1. The zero-order valence-electron chi connectivity index (χ0n) is 18.9. The molecule has 1 aliphatic rings. The van der Waals surface area contributed by atoms with Gasteiger partial charge in [0.05, 0.1) is 26.9 Å². The summed E-state index contributed by atoms with van der Waals surface area (Å²) in [5.74, 6) is 0.687. The van der Waals surface area contributed by atoms with Crippen LogP contribution < -0.4 is 24.4 Å². The molecule has 3 aromatic carbocycles. The van der Waals surface area contributed by atoms with Gasteiger partial charge in [0.25, 0.3) is 11.8 Å². The number of carbonyl (C=O) groups is 2. The van der Waals surface area contributed by atoms with Crippen LogP contribution in [-0.2, 0) is 6.42 Å². The van der Waals surface area contributed by atoms with Crippen molar-refractivity contribution in [3.05, 3.63) is 77.4 Å². The van der Waals surface area contributed by atoms with Gasteiger partial charge in [-0.15, -0.1) is 0 Å². The van der Waals surface area contributed by atoms with Crippen LogP contribution >= 0.6 is 0 Å². The molecule has 33 heavy (non-hydrogen) atoms. The van der Waals surface area contributed by atoms with E-state index in [1.165, 1.54) is 21.3 Å². The number of ether oxygens (including phenoxy) is 3. The predicted molar refractivity (Wildman–Crippen MR) is 127 cm³/mol. The summed E-state index contributed by atoms with van der Waals surface area (Å²) < 4.78 is 16.1. The number of anilines is 2. The second kappa shape index (κ2) is 9.65. The third-order valence-electron chi connectivity index (χ3n) is 5.68. The van der Waals surface area contributed by atoms with Crippen LogP contribution in [0, 0.1) is 0 Å². The van der Waals surface area contributed by atoms with Crippen molar-refractivity contribution in [2.75, 3.05) is 38.1 Å². The highest BCUT2D eigenvalue weighted by Crippen LogP contribution is 2.40. The molecule has 0 spiro atoms. The zero-order chi connectivity index (χ0) is 23.4. The van der Waals surface area contributed by atoms with Gasteiger partial charge in [-0.1, -0.05) is 24.3 Å². The van der Waals surface area contributed by atoms with E-state index in [1.54, 1.807) is 17.0 Å². The Morgan fingerprint density at radius 1 is 0.879 bits per heavy atom. The van der Waals surface area contributed by atoms with Crippen LogP contribution in [-0.4, -0.2) is 39.7 Å². The van der Waals surface area contributed by atoms with Crippen LogP contribution in [0.15, 0.2) is 60.7 Å². The van der Waals surface area contributed by atoms with Gasteiger partial charge in [0.1, 0.15) is 0 Å². The fourth-order valence-electron chi connectivity index (χ4n) is 4.08. The molecule has 0 bridgehead atoms. The Morgan fingerprint density at radius 3 is 2.33 bits per heavy atom. The monoisotopic (exact) mass is 446 g/mol. The van der Waals surface area contributed by atoms with Crippen molar-refractivity contribution >= 4 is 23.2 Å². The predicted octanol–water partition coefficient (Wildman–Crippen LogP) is 4.56. The maximum absolute atomic E-state index is 13.1. The second-order valence-electron chi connectivity index (χ2n) is 7.61. The van der Waals surface area contributed by atoms with E-state index in [9.17, 15) is 9.59 Å². The molecule has 0 radical (unpaired) electrons. The molecule has 7 heteroatoms. The number of nitrogens with zero attached hydrogens (tertiary/aromatic N) is 1. The normalized spacial score (nSPS) is 12.5. The summed E-state index contributed by atoms with van der Waals surface area (Å²) in [4.78, 5) is 28.0. The number of rotatable bonds is 6. The maximum Gasteiger partial charge on any atom is 0.259 e. The number of hydrogen-bond donors (Lipinski definition) is 1. The van der Waals surface area contributed by atoms with E-state index in [2.05, 4.69) is 5.32 Å². The van der Waals surface area contributed by atoms with E-state index in [-0.39, 0.29) is 17.6 Å². The average Bonchev–Trinajstić information content (AvgIpc) is 2.87. The van der Waals surface area contributed by atoms with E-state index in [0.29, 0.717) is 34.9 Å². The Morgan fingerprint density at radius 2 is 1.64 bits per heavy atom. The minimum Gasteiger partial charge on any atom is -0.493 e. The summed E-state index contributed by atoms with van der Waals surface area (Å²) in [5.41, 5.74) is 3.42. The molecule has 0 aliphatic carbocycles. The van der Waals surface area contributed by atoms with Crippen molar-refractivity contribution in [2.24, 2.45) is 0 Å². The number of nitrogens with one attached hydrogen (secondary N) is 1. The molecule has 0 fully saturated rings. The van der Waals surface area contributed by atoms with Gasteiger partial charge in [0.2, 0.25) is 5.75 Å². The SMILES string of the molecule is COc1ccc(C(=O)Nc2ccc3c(c2)N(C(=O)c2ccccc2)CCC3)c(OC)c1OC. The molecule has 1 aliphatic heterocycles. The summed E-state index contributed by atoms with van der Waals surface area (Å²) >= 11 is 0. The first-order valence-corrected chi connectivity index (χ1v) is 10.7. The van der Waals surface area contributed by atoms with Crippen LogP contribution in [0.25, 0.3) is 0 Å². The number of carbonyl (C=O) groups excluding carboxylic acids is 2. The summed E-state index contributed by atoms with van der Waals surface area (Å²) in [6.45, 7) is 0.627. The fraction of sp³-hybridized carbons (Fsp3) is 0.231. The molecule has 7 nitrogen and oxygen atoms in total. The van der Waals surface area contributed by atoms with Crippen LogP contribution in [0.2, 0.25) is 0 Å². The van der Waals surface area contributed by atoms with E-state index in [1.807, 2.05) is 48.5 Å². The van der Waals surface area contributed by atoms with Crippen LogP contribution in [0.3, 0.4) is 0 Å². The number of fused-ring (bicyclic) bond motifs is 1. The van der Waals surface area contributed by atoms with Crippen molar-refractivity contribution in [3.63, 3.8) is 0 Å². The minimum absolute atomic E-state index is 0.0541. The number of amides is 2. The molecular formula is C26H26N2O5. The van der Waals surface area contributed by atoms with Crippen molar-refractivity contribution < 1.29 is 23.8 Å². The van der Waals surface area contributed by atoms with E-state index >= 15 is 0 Å². The summed E-state index contributed by atoms with van der Waals surface area (Å²) in [6.07, 6.45) is 1.77. The second-order valence-corrected chi connectivity index (χ2v) is 7.61. The van der Waals surface area contributed by atoms with Gasteiger partial charge in [-0.2, -0.15) is 0 Å². The summed E-state index contributed by atoms with van der Waals surface area (Å²) in [6, 6.07) is 18.1. The molecule has 1 heterocycles. The van der Waals surface area contributed by atoms with E-state index in [0.717, 1.165) is 24.1 Å². The molecule has 3 aromatic rings. The summed E-state index contributed by atoms with van der Waals surface area (Å²) in [5, 5.41) is 2.92. The molecule has 1 N–H and O–H groups in total. The lowest BCUT2D eigenvalue weighted by molar-refractivity contribution is 0.0983. The fourth-order valence-corrected chi connectivity index (χ4v) is 4.08. The average molecular weight is 447 g/mol. The standard InChI is InChI=1S/C26H26N2O5/c1-31-22-14-13-20(23(32-2)24(22)33-3)25(29)27-19-12-11-17-10-7-15-28(21(17)16-19)26(30)18-8-5-4-6-9-18/h4-6,8-9,11-14,16H,7,10,15H2,1-3H3,(H,27,29). The highest BCUT2D eigenvalue weighted by molar-refractivity contribution is 6.09. The Bertz CT molecular complexity index is 1180. The van der Waals surface area contributed by atoms with Gasteiger partial charge in [0, 0.05) is 23.5 Å². The Hall–Kier alpha value is -4.00. The van der Waals surface area contributed by atoms with Crippen LogP contribution in [0.4, 0.5) is 11.4 Å². The lowest BCUT2D eigenvalue weighted by atomic mass is 10.00. The smallest absolute Gasteiger partial charge is 0.259 e. The topological polar surface area (TPSA) is 77.1 Å². The number of benzene rings is 3. The third kappa shape index (κ3) is 4.35. The van der Waals surface area contributed by atoms with Crippen molar-refractivity contribution in [1.82, 2.24) is 0 Å². The molecule has 0 unspecified atom stereocenters. The third-order valence-corrected chi connectivity index (χ3v) is 5.68. The van der Waals surface area contributed by atoms with Crippen molar-refractivity contribution in [2.45, 2.75) is 12.8 Å². The molecule has 0 atom stereocenters. The quantitative estimate of drug-likeness (QED) is 0.601. The van der Waals surface area contributed by atoms with Gasteiger partial charge in [0.15, 0.2) is 11.5 Å². The van der Waals surface area contributed by atoms with Crippen molar-refractivity contribution in [3.8, 4) is 17.2 Å². The molecule has 2 amide bonds. The lowest BCUT2D eigenvalue weighted by Gasteiger charge is -2.30. The van der Waals surface area contributed by atoms with Gasteiger partial charge in [-0.3, -0.25) is 9.59 Å². The molecule has 4 rings (SSSR count). The first-order chi connectivity index (χ1) is 16.1. The van der Waals surface area contributed by atoms with Crippen LogP contribution in [0.1, 0.15) is 32.7 Å². The number of methoxy groups -OCH3 is 3. The van der Waals surface area contributed by atoms with E-state index < -0.39 is 0 Å².